The third-order valence-electron chi connectivity index (χ3n) is 8.88. The van der Waals surface area contributed by atoms with Crippen LogP contribution in [0.15, 0.2) is 121 Å². The average molecular weight is 611 g/mol. The Labute approximate surface area is 268 Å². The average Bonchev–Trinajstić information content (AvgIpc) is 3.67. The fourth-order valence-corrected chi connectivity index (χ4v) is 8.11. The summed E-state index contributed by atoms with van der Waals surface area (Å²) in [7, 11) is 0. The van der Waals surface area contributed by atoms with Crippen molar-refractivity contribution in [1.82, 2.24) is 14.5 Å². The maximum absolute atomic E-state index is 9.69. The number of para-hydroxylation sites is 2. The van der Waals surface area contributed by atoms with Crippen molar-refractivity contribution in [2.75, 3.05) is 10.6 Å². The van der Waals surface area contributed by atoms with Gasteiger partial charge in [0.2, 0.25) is 5.95 Å². The van der Waals surface area contributed by atoms with Crippen molar-refractivity contribution in [3.05, 3.63) is 126 Å². The molecule has 0 aliphatic carbocycles. The minimum atomic E-state index is 0.588. The van der Waals surface area contributed by atoms with Gasteiger partial charge >= 0.3 is 0 Å². The van der Waals surface area contributed by atoms with Crippen LogP contribution in [-0.2, 0) is 0 Å². The number of anilines is 2. The molecule has 0 bridgehead atoms. The number of hydrogen-bond acceptors (Lipinski definition) is 6. The summed E-state index contributed by atoms with van der Waals surface area (Å²) in [5.74, 6) is 0.588. The van der Waals surface area contributed by atoms with E-state index in [-0.39, 0.29) is 0 Å². The number of nitrogens with zero attached hydrogens (tertiary/aromatic N) is 4. The summed E-state index contributed by atoms with van der Waals surface area (Å²) in [4.78, 5) is 10.5. The first kappa shape index (κ1) is 26.4. The summed E-state index contributed by atoms with van der Waals surface area (Å²) in [6, 6.07) is 35.2. The van der Waals surface area contributed by atoms with Crippen molar-refractivity contribution in [3.63, 3.8) is 0 Å². The molecule has 2 N–H and O–H groups in total. The van der Waals surface area contributed by atoms with Crippen molar-refractivity contribution in [2.45, 2.75) is 13.8 Å². The number of nitrogens with one attached hydrogen (secondary N) is 2. The first-order chi connectivity index (χ1) is 22.7. The molecule has 0 spiro atoms. The largest absolute Gasteiger partial charge is 0.352 e. The highest BCUT2D eigenvalue weighted by molar-refractivity contribution is 7.26. The second-order valence-electron chi connectivity index (χ2n) is 11.4. The molecule has 4 heterocycles. The van der Waals surface area contributed by atoms with Gasteiger partial charge in [-0.3, -0.25) is 4.57 Å². The molecule has 3 aromatic heterocycles. The minimum absolute atomic E-state index is 0.588. The molecule has 9 rings (SSSR count). The Hall–Kier alpha value is -5.97. The zero-order chi connectivity index (χ0) is 30.9. The Morgan fingerprint density at radius 1 is 0.739 bits per heavy atom. The molecule has 0 fully saturated rings. The van der Waals surface area contributed by atoms with Gasteiger partial charge in [0.25, 0.3) is 0 Å². The smallest absolute Gasteiger partial charge is 0.235 e. The molecule has 1 aliphatic rings. The van der Waals surface area contributed by atoms with Gasteiger partial charge in [-0.25, -0.2) is 9.97 Å². The number of allylic oxidation sites excluding steroid dienone is 2. The number of hydrogen-bond donors (Lipinski definition) is 2. The molecule has 5 aromatic carbocycles. The molecule has 1 aliphatic heterocycles. The first-order valence-corrected chi connectivity index (χ1v) is 16.0. The fraction of sp³-hybridized carbons (Fsp3) is 0.0513. The normalized spacial score (nSPS) is 14.7. The van der Waals surface area contributed by atoms with Crippen LogP contribution in [-0.4, -0.2) is 14.5 Å². The van der Waals surface area contributed by atoms with Gasteiger partial charge in [0, 0.05) is 37.2 Å². The minimum Gasteiger partial charge on any atom is -0.352 e. The fourth-order valence-electron chi connectivity index (χ4n) is 6.86. The van der Waals surface area contributed by atoms with Gasteiger partial charge in [-0.1, -0.05) is 78.9 Å². The molecule has 0 saturated carbocycles. The van der Waals surface area contributed by atoms with E-state index in [1.807, 2.05) is 48.5 Å². The topological polar surface area (TPSA) is 78.6 Å². The maximum atomic E-state index is 9.69. The molecule has 0 radical (unpaired) electrons. The summed E-state index contributed by atoms with van der Waals surface area (Å²) >= 11 is 1.80. The SMILES string of the molecule is C/C=C1/Nc2c(c3c4ccccc4n(-c4nc(-c5cccc(C#N)c5)c5ccccc5n4)c3c3sc4ccccc4c23)N/C1=C/C. The summed E-state index contributed by atoms with van der Waals surface area (Å²) in [6.07, 6.45) is 4.23. The van der Waals surface area contributed by atoms with Crippen LogP contribution in [0.25, 0.3) is 70.1 Å². The van der Waals surface area contributed by atoms with Crippen LogP contribution in [0.1, 0.15) is 19.4 Å². The van der Waals surface area contributed by atoms with Gasteiger partial charge in [0.15, 0.2) is 0 Å². The van der Waals surface area contributed by atoms with Crippen LogP contribution in [0, 0.1) is 11.3 Å². The van der Waals surface area contributed by atoms with E-state index in [1.165, 1.54) is 20.2 Å². The lowest BCUT2D eigenvalue weighted by molar-refractivity contribution is 1.02. The highest BCUT2D eigenvalue weighted by Crippen LogP contribution is 2.53. The van der Waals surface area contributed by atoms with Gasteiger partial charge < -0.3 is 10.6 Å². The Bertz CT molecular complexity index is 2680. The van der Waals surface area contributed by atoms with Crippen molar-refractivity contribution < 1.29 is 0 Å². The molecule has 46 heavy (non-hydrogen) atoms. The molecule has 0 unspecified atom stereocenters. The molecule has 0 amide bonds. The van der Waals surface area contributed by atoms with E-state index in [2.05, 4.69) is 95.8 Å². The van der Waals surface area contributed by atoms with Gasteiger partial charge in [0.05, 0.1) is 61.3 Å². The predicted molar refractivity (Wildman–Crippen MR) is 192 cm³/mol. The predicted octanol–water partition coefficient (Wildman–Crippen LogP) is 10.3. The Morgan fingerprint density at radius 3 is 2.22 bits per heavy atom. The number of nitriles is 1. The molecular formula is C39H26N6S. The van der Waals surface area contributed by atoms with E-state index in [4.69, 9.17) is 9.97 Å². The number of thiophene rings is 1. The van der Waals surface area contributed by atoms with E-state index in [0.29, 0.717) is 11.5 Å². The monoisotopic (exact) mass is 610 g/mol. The van der Waals surface area contributed by atoms with E-state index in [0.717, 1.165) is 66.7 Å². The lowest BCUT2D eigenvalue weighted by Crippen LogP contribution is -2.17. The molecular weight excluding hydrogens is 585 g/mol. The van der Waals surface area contributed by atoms with Crippen molar-refractivity contribution in [3.8, 4) is 23.3 Å². The maximum Gasteiger partial charge on any atom is 0.235 e. The highest BCUT2D eigenvalue weighted by atomic mass is 32.1. The lowest BCUT2D eigenvalue weighted by atomic mass is 10.0. The van der Waals surface area contributed by atoms with Crippen molar-refractivity contribution in [2.24, 2.45) is 0 Å². The third-order valence-corrected chi connectivity index (χ3v) is 10.1. The highest BCUT2D eigenvalue weighted by Gasteiger charge is 2.29. The van der Waals surface area contributed by atoms with Crippen LogP contribution < -0.4 is 10.6 Å². The Kier molecular flexibility index (Phi) is 5.76. The van der Waals surface area contributed by atoms with E-state index >= 15 is 0 Å². The molecule has 0 atom stereocenters. The zero-order valence-electron chi connectivity index (χ0n) is 25.1. The van der Waals surface area contributed by atoms with Crippen LogP contribution in [0.5, 0.6) is 0 Å². The summed E-state index contributed by atoms with van der Waals surface area (Å²) in [5, 5.41) is 22.9. The van der Waals surface area contributed by atoms with Crippen LogP contribution >= 0.6 is 11.3 Å². The van der Waals surface area contributed by atoms with E-state index in [1.54, 1.807) is 11.3 Å². The third kappa shape index (κ3) is 3.68. The molecule has 218 valence electrons. The number of rotatable bonds is 2. The van der Waals surface area contributed by atoms with E-state index in [9.17, 15) is 5.26 Å². The van der Waals surface area contributed by atoms with Gasteiger partial charge in [-0.2, -0.15) is 5.26 Å². The standard InChI is InChI=1S/C39H26N6S/c1-3-27-28(4-2)42-36-33-26-16-7-10-19-31(26)46-38(33)37-32(35(36)41-27)25-15-6-9-18-30(25)45(37)39-43-29-17-8-5-14-24(29)34(44-39)23-13-11-12-22(20-23)21-40/h3-20,41-42H,1-2H3/b27-3+,28-4+. The number of benzene rings is 5. The lowest BCUT2D eigenvalue weighted by Gasteiger charge is -2.27. The van der Waals surface area contributed by atoms with Crippen LogP contribution in [0.4, 0.5) is 11.4 Å². The quantitative estimate of drug-likeness (QED) is 0.204. The Morgan fingerprint density at radius 2 is 1.43 bits per heavy atom. The van der Waals surface area contributed by atoms with Gasteiger partial charge in [-0.15, -0.1) is 11.3 Å². The first-order valence-electron chi connectivity index (χ1n) is 15.2. The Balaban J connectivity index is 1.48. The molecule has 8 aromatic rings. The zero-order valence-corrected chi connectivity index (χ0v) is 25.9. The summed E-state index contributed by atoms with van der Waals surface area (Å²) in [5.41, 5.74) is 9.41. The molecule has 7 heteroatoms. The molecule has 6 nitrogen and oxygen atoms in total. The van der Waals surface area contributed by atoms with Gasteiger partial charge in [-0.05, 0) is 44.2 Å². The number of aromatic nitrogens is 3. The number of fused-ring (bicyclic) bond motifs is 11. The van der Waals surface area contributed by atoms with Crippen molar-refractivity contribution >= 4 is 75.6 Å². The van der Waals surface area contributed by atoms with Gasteiger partial charge in [0.1, 0.15) is 0 Å². The molecule has 0 saturated heterocycles. The second-order valence-corrected chi connectivity index (χ2v) is 12.4. The van der Waals surface area contributed by atoms with Crippen molar-refractivity contribution in [1.29, 1.82) is 5.26 Å². The van der Waals surface area contributed by atoms with Crippen LogP contribution in [0.2, 0.25) is 0 Å². The second kappa shape index (κ2) is 10.0. The van der Waals surface area contributed by atoms with E-state index < -0.39 is 0 Å². The van der Waals surface area contributed by atoms with Crippen LogP contribution in [0.3, 0.4) is 0 Å². The summed E-state index contributed by atoms with van der Waals surface area (Å²) < 4.78 is 4.62. The summed E-state index contributed by atoms with van der Waals surface area (Å²) in [6.45, 7) is 4.12.